The van der Waals surface area contributed by atoms with Gasteiger partial charge in [-0.25, -0.2) is 0 Å². The van der Waals surface area contributed by atoms with Crippen molar-refractivity contribution in [1.29, 1.82) is 0 Å². The van der Waals surface area contributed by atoms with Crippen LogP contribution >= 0.6 is 0 Å². The van der Waals surface area contributed by atoms with Gasteiger partial charge in [0.1, 0.15) is 11.3 Å². The number of fused-ring (bicyclic) bond motifs is 3. The normalized spacial score (nSPS) is 11.3. The molecule has 0 aliphatic heterocycles. The van der Waals surface area contributed by atoms with E-state index in [2.05, 4.69) is 199 Å². The first kappa shape index (κ1) is 31.6. The van der Waals surface area contributed by atoms with Gasteiger partial charge in [-0.1, -0.05) is 164 Å². The van der Waals surface area contributed by atoms with Crippen molar-refractivity contribution in [3.05, 3.63) is 212 Å². The molecule has 0 aliphatic rings. The van der Waals surface area contributed by atoms with E-state index >= 15 is 0 Å². The fourth-order valence-corrected chi connectivity index (χ4v) is 7.78. The van der Waals surface area contributed by atoms with E-state index in [9.17, 15) is 0 Å². The first-order chi connectivity index (χ1) is 26.7. The first-order valence-electron chi connectivity index (χ1n) is 18.4. The number of anilines is 3. The van der Waals surface area contributed by atoms with Crippen molar-refractivity contribution in [1.82, 2.24) is 0 Å². The molecule has 2 nitrogen and oxygen atoms in total. The molecule has 0 fully saturated rings. The van der Waals surface area contributed by atoms with E-state index in [1.807, 2.05) is 18.2 Å². The lowest BCUT2D eigenvalue weighted by Crippen LogP contribution is -2.10. The van der Waals surface area contributed by atoms with Crippen LogP contribution in [0, 0.1) is 0 Å². The minimum atomic E-state index is 0.852. The van der Waals surface area contributed by atoms with Gasteiger partial charge in [-0.05, 0) is 103 Å². The van der Waals surface area contributed by atoms with Gasteiger partial charge >= 0.3 is 0 Å². The molecule has 254 valence electrons. The summed E-state index contributed by atoms with van der Waals surface area (Å²) in [6.07, 6.45) is 0. The number of hydrogen-bond donors (Lipinski definition) is 0. The zero-order chi connectivity index (χ0) is 35.8. The second kappa shape index (κ2) is 13.4. The Morgan fingerprint density at radius 3 is 1.43 bits per heavy atom. The smallest absolute Gasteiger partial charge is 0.135 e. The van der Waals surface area contributed by atoms with E-state index in [4.69, 9.17) is 4.42 Å². The first-order valence-corrected chi connectivity index (χ1v) is 18.4. The van der Waals surface area contributed by atoms with Crippen LogP contribution in [0.5, 0.6) is 0 Å². The van der Waals surface area contributed by atoms with Crippen LogP contribution in [-0.2, 0) is 0 Å². The topological polar surface area (TPSA) is 16.4 Å². The van der Waals surface area contributed by atoms with E-state index in [1.165, 1.54) is 54.9 Å². The van der Waals surface area contributed by atoms with Crippen LogP contribution in [0.25, 0.3) is 77.2 Å². The van der Waals surface area contributed by atoms with Crippen molar-refractivity contribution in [2.45, 2.75) is 0 Å². The number of benzene rings is 9. The summed E-state index contributed by atoms with van der Waals surface area (Å²) in [6, 6.07) is 75.9. The predicted molar refractivity (Wildman–Crippen MR) is 228 cm³/mol. The molecule has 0 amide bonds. The molecule has 0 aliphatic carbocycles. The molecule has 0 bridgehead atoms. The Bertz CT molecular complexity index is 2890. The highest BCUT2D eigenvalue weighted by atomic mass is 16.3. The SMILES string of the molecule is c1cc(-c2cc3ccccc3o2)cc(N(c2ccc(-c3ccc(-c4cccc5ccccc45)cc3)cc2)c2cccc(-c3cccc4ccccc34)c2)c1. The number of rotatable bonds is 7. The zero-order valence-electron chi connectivity index (χ0n) is 29.6. The molecular weight excluding hydrogens is 655 g/mol. The summed E-state index contributed by atoms with van der Waals surface area (Å²) < 4.78 is 6.32. The van der Waals surface area contributed by atoms with Gasteiger partial charge in [-0.15, -0.1) is 0 Å². The summed E-state index contributed by atoms with van der Waals surface area (Å²) in [7, 11) is 0. The third-order valence-electron chi connectivity index (χ3n) is 10.5. The quantitative estimate of drug-likeness (QED) is 0.166. The second-order valence-electron chi connectivity index (χ2n) is 13.8. The van der Waals surface area contributed by atoms with E-state index < -0.39 is 0 Å². The number of hydrogen-bond acceptors (Lipinski definition) is 2. The van der Waals surface area contributed by atoms with Crippen LogP contribution in [0.3, 0.4) is 0 Å². The lowest BCUT2D eigenvalue weighted by atomic mass is 9.96. The molecule has 10 rings (SSSR count). The van der Waals surface area contributed by atoms with Crippen LogP contribution in [0.1, 0.15) is 0 Å². The predicted octanol–water partition coefficient (Wildman–Crippen LogP) is 14.9. The van der Waals surface area contributed by atoms with Gasteiger partial charge in [0.2, 0.25) is 0 Å². The van der Waals surface area contributed by atoms with Crippen molar-refractivity contribution in [2.24, 2.45) is 0 Å². The zero-order valence-corrected chi connectivity index (χ0v) is 29.6. The average Bonchev–Trinajstić information content (AvgIpc) is 3.69. The van der Waals surface area contributed by atoms with Crippen LogP contribution in [0.4, 0.5) is 17.1 Å². The molecule has 2 heteroatoms. The van der Waals surface area contributed by atoms with E-state index in [-0.39, 0.29) is 0 Å². The van der Waals surface area contributed by atoms with Crippen molar-refractivity contribution >= 4 is 49.6 Å². The van der Waals surface area contributed by atoms with Crippen molar-refractivity contribution in [2.75, 3.05) is 4.90 Å². The van der Waals surface area contributed by atoms with Gasteiger partial charge in [-0.3, -0.25) is 0 Å². The second-order valence-corrected chi connectivity index (χ2v) is 13.8. The van der Waals surface area contributed by atoms with Gasteiger partial charge in [0.25, 0.3) is 0 Å². The number of nitrogens with zero attached hydrogens (tertiary/aromatic N) is 1. The van der Waals surface area contributed by atoms with Gasteiger partial charge < -0.3 is 9.32 Å². The minimum absolute atomic E-state index is 0.852. The Balaban J connectivity index is 1.05. The minimum Gasteiger partial charge on any atom is -0.456 e. The summed E-state index contributed by atoms with van der Waals surface area (Å²) in [6.45, 7) is 0. The average molecular weight is 690 g/mol. The van der Waals surface area contributed by atoms with Gasteiger partial charge in [-0.2, -0.15) is 0 Å². The highest BCUT2D eigenvalue weighted by Crippen LogP contribution is 2.41. The maximum Gasteiger partial charge on any atom is 0.135 e. The largest absolute Gasteiger partial charge is 0.456 e. The Hall–Kier alpha value is -7.16. The standard InChI is InChI=1S/C52H35NO/c1-4-20-47-38(11-1)14-9-22-49(47)40-27-25-36(26-28-40)37-29-31-44(32-30-37)53(46-19-8-17-42(34-46)52-35-43-13-3-6-24-51(43)54-52)45-18-7-16-41(33-45)50-23-10-15-39-12-2-5-21-48(39)50/h1-35H. The molecule has 9 aromatic carbocycles. The lowest BCUT2D eigenvalue weighted by Gasteiger charge is -2.26. The fourth-order valence-electron chi connectivity index (χ4n) is 7.78. The maximum atomic E-state index is 6.32. The third-order valence-corrected chi connectivity index (χ3v) is 10.5. The molecule has 0 atom stereocenters. The molecule has 10 aromatic rings. The summed E-state index contributed by atoms with van der Waals surface area (Å²) in [5.74, 6) is 0.852. The Labute approximate surface area is 314 Å². The molecule has 1 heterocycles. The monoisotopic (exact) mass is 689 g/mol. The van der Waals surface area contributed by atoms with Crippen molar-refractivity contribution < 1.29 is 4.42 Å². The molecule has 54 heavy (non-hydrogen) atoms. The van der Waals surface area contributed by atoms with Crippen molar-refractivity contribution in [3.8, 4) is 44.7 Å². The molecule has 0 saturated heterocycles. The summed E-state index contributed by atoms with van der Waals surface area (Å²) in [5.41, 5.74) is 12.3. The van der Waals surface area contributed by atoms with Crippen LogP contribution in [-0.4, -0.2) is 0 Å². The van der Waals surface area contributed by atoms with E-state index in [1.54, 1.807) is 0 Å². The highest BCUT2D eigenvalue weighted by molar-refractivity contribution is 5.98. The molecular formula is C52H35NO. The van der Waals surface area contributed by atoms with E-state index in [0.717, 1.165) is 39.4 Å². The number of para-hydroxylation sites is 1. The molecule has 0 N–H and O–H groups in total. The summed E-state index contributed by atoms with van der Waals surface area (Å²) in [5, 5.41) is 6.09. The third kappa shape index (κ3) is 5.81. The lowest BCUT2D eigenvalue weighted by molar-refractivity contribution is 0.631. The highest BCUT2D eigenvalue weighted by Gasteiger charge is 2.17. The molecule has 0 spiro atoms. The van der Waals surface area contributed by atoms with Gasteiger partial charge in [0, 0.05) is 28.0 Å². The van der Waals surface area contributed by atoms with Gasteiger partial charge in [0.05, 0.1) is 0 Å². The fraction of sp³-hybridized carbons (Fsp3) is 0. The van der Waals surface area contributed by atoms with Crippen molar-refractivity contribution in [3.63, 3.8) is 0 Å². The van der Waals surface area contributed by atoms with E-state index in [0.29, 0.717) is 0 Å². The molecule has 0 radical (unpaired) electrons. The molecule has 0 unspecified atom stereocenters. The number of furan rings is 1. The molecule has 0 saturated carbocycles. The van der Waals surface area contributed by atoms with Crippen LogP contribution < -0.4 is 4.90 Å². The summed E-state index contributed by atoms with van der Waals surface area (Å²) in [4.78, 5) is 2.34. The maximum absolute atomic E-state index is 6.32. The summed E-state index contributed by atoms with van der Waals surface area (Å²) >= 11 is 0. The Morgan fingerprint density at radius 1 is 0.296 bits per heavy atom. The van der Waals surface area contributed by atoms with Crippen LogP contribution in [0.15, 0.2) is 217 Å². The molecule has 1 aromatic heterocycles. The van der Waals surface area contributed by atoms with Gasteiger partial charge in [0.15, 0.2) is 0 Å². The Morgan fingerprint density at radius 2 is 0.778 bits per heavy atom. The Kier molecular flexibility index (Phi) is 7.85. The van der Waals surface area contributed by atoms with Crippen LogP contribution in [0.2, 0.25) is 0 Å².